The van der Waals surface area contributed by atoms with Crippen LogP contribution in [0, 0.1) is 5.82 Å². The molecule has 36 heavy (non-hydrogen) atoms. The maximum absolute atomic E-state index is 14.1. The third-order valence-corrected chi connectivity index (χ3v) is 6.78. The molecule has 192 valence electrons. The third-order valence-electron chi connectivity index (χ3n) is 5.55. The second kappa shape index (κ2) is 10.0. The lowest BCUT2D eigenvalue weighted by Gasteiger charge is -2.26. The molecule has 0 unspecified atom stereocenters. The molecule has 4 rings (SSSR count). The van der Waals surface area contributed by atoms with Gasteiger partial charge in [-0.15, -0.1) is 11.3 Å². The molecule has 0 amide bonds. The predicted molar refractivity (Wildman–Crippen MR) is 117 cm³/mol. The highest BCUT2D eigenvalue weighted by Crippen LogP contribution is 2.39. The minimum Gasteiger partial charge on any atom is -0.292 e. The minimum absolute atomic E-state index is 0.0421. The monoisotopic (exact) mass is 552 g/mol. The molecule has 3 heterocycles. The number of carbonyl (C=O) groups is 1. The molecule has 2 aromatic heterocycles. The van der Waals surface area contributed by atoms with E-state index in [-0.39, 0.29) is 64.3 Å². The second-order valence-electron chi connectivity index (χ2n) is 8.10. The zero-order chi connectivity index (χ0) is 26.3. The van der Waals surface area contributed by atoms with Crippen molar-refractivity contribution in [2.75, 3.05) is 6.54 Å². The highest BCUT2D eigenvalue weighted by Gasteiger charge is 2.46. The Bertz CT molecular complexity index is 1260. The van der Waals surface area contributed by atoms with Gasteiger partial charge in [0.1, 0.15) is 27.7 Å². The third kappa shape index (κ3) is 6.01. The first kappa shape index (κ1) is 26.4. The summed E-state index contributed by atoms with van der Waals surface area (Å²) in [6.45, 7) is -0.156. The van der Waals surface area contributed by atoms with Crippen molar-refractivity contribution in [2.45, 2.75) is 44.2 Å². The lowest BCUT2D eigenvalue weighted by atomic mass is 10.1. The Kier molecular flexibility index (Phi) is 7.35. The second-order valence-corrected chi connectivity index (χ2v) is 9.66. The zero-order valence-electron chi connectivity index (χ0n) is 18.1. The largest absolute Gasteiger partial charge is 0.416 e. The zero-order valence-corrected chi connectivity index (χ0v) is 19.7. The molecule has 0 radical (unpaired) electrons. The fourth-order valence-electron chi connectivity index (χ4n) is 3.95. The molecule has 3 aromatic rings. The Balaban J connectivity index is 1.72. The van der Waals surface area contributed by atoms with Crippen LogP contribution in [0.5, 0.6) is 0 Å². The first-order valence-corrected chi connectivity index (χ1v) is 11.7. The van der Waals surface area contributed by atoms with Crippen molar-refractivity contribution in [1.82, 2.24) is 19.9 Å². The molecule has 0 aliphatic carbocycles. The summed E-state index contributed by atoms with van der Waals surface area (Å²) in [6.07, 6.45) is -7.21. The van der Waals surface area contributed by atoms with Crippen LogP contribution in [0.3, 0.4) is 0 Å². The van der Waals surface area contributed by atoms with Gasteiger partial charge in [0.2, 0.25) is 0 Å². The van der Waals surface area contributed by atoms with Crippen LogP contribution in [0.15, 0.2) is 30.6 Å². The number of alkyl halides is 6. The van der Waals surface area contributed by atoms with Gasteiger partial charge in [0.25, 0.3) is 0 Å². The van der Waals surface area contributed by atoms with Gasteiger partial charge in [-0.1, -0.05) is 11.6 Å². The summed E-state index contributed by atoms with van der Waals surface area (Å²) in [4.78, 5) is 25.8. The average molecular weight is 553 g/mol. The molecule has 1 aliphatic heterocycles. The lowest BCUT2D eigenvalue weighted by molar-refractivity contribution is -0.177. The first-order chi connectivity index (χ1) is 16.8. The summed E-state index contributed by atoms with van der Waals surface area (Å²) >= 11 is 6.54. The molecule has 1 saturated heterocycles. The van der Waals surface area contributed by atoms with Crippen LogP contribution >= 0.6 is 22.9 Å². The fourth-order valence-corrected chi connectivity index (χ4v) is 5.17. The van der Waals surface area contributed by atoms with E-state index in [4.69, 9.17) is 11.6 Å². The number of rotatable bonds is 6. The average Bonchev–Trinajstić information content (AvgIpc) is 3.40. The van der Waals surface area contributed by atoms with Gasteiger partial charge in [0, 0.05) is 17.0 Å². The van der Waals surface area contributed by atoms with E-state index >= 15 is 0 Å². The maximum Gasteiger partial charge on any atom is 0.416 e. The van der Waals surface area contributed by atoms with E-state index < -0.39 is 35.6 Å². The topological polar surface area (TPSA) is 59.0 Å². The number of aromatic nitrogens is 3. The summed E-state index contributed by atoms with van der Waals surface area (Å²) in [5.74, 6) is -1.71. The van der Waals surface area contributed by atoms with E-state index in [1.807, 2.05) is 0 Å². The number of hydrogen-bond acceptors (Lipinski definition) is 6. The van der Waals surface area contributed by atoms with Gasteiger partial charge in [0.05, 0.1) is 30.1 Å². The Hall–Kier alpha value is -2.64. The summed E-state index contributed by atoms with van der Waals surface area (Å²) in [7, 11) is 0. The molecule has 1 atom stereocenters. The summed E-state index contributed by atoms with van der Waals surface area (Å²) < 4.78 is 94.4. The normalized spacial score (nSPS) is 17.1. The van der Waals surface area contributed by atoms with E-state index in [0.29, 0.717) is 12.1 Å². The predicted octanol–water partition coefficient (Wildman–Crippen LogP) is 6.36. The van der Waals surface area contributed by atoms with E-state index in [0.717, 1.165) is 34.7 Å². The highest BCUT2D eigenvalue weighted by atomic mass is 35.5. The SMILES string of the molecule is O=C(Cc1nc(-c2cc(F)cc(C(F)(F)F)c2)c(CN2CCC[C@H]2C(F)(F)F)s1)c1cnc(Cl)cn1. The standard InChI is InChI=1S/C22H16ClF7N4OS/c23-18-9-31-14(8-32-18)15(35)7-19-33-20(11-4-12(21(25,26)27)6-13(24)5-11)16(36-19)10-34-3-1-2-17(34)22(28,29)30/h4-6,8-9,17H,1-3,7,10H2/t17-/m0/s1. The Morgan fingerprint density at radius 3 is 2.50 bits per heavy atom. The Morgan fingerprint density at radius 1 is 1.11 bits per heavy atom. The van der Waals surface area contributed by atoms with E-state index in [9.17, 15) is 35.5 Å². The van der Waals surface area contributed by atoms with Crippen LogP contribution < -0.4 is 0 Å². The quantitative estimate of drug-likeness (QED) is 0.263. The van der Waals surface area contributed by atoms with Crippen molar-refractivity contribution in [1.29, 1.82) is 0 Å². The number of carbonyl (C=O) groups excluding carboxylic acids is 1. The van der Waals surface area contributed by atoms with Gasteiger partial charge in [-0.2, -0.15) is 26.3 Å². The number of nitrogens with zero attached hydrogens (tertiary/aromatic N) is 4. The molecule has 1 aromatic carbocycles. The van der Waals surface area contributed by atoms with Gasteiger partial charge in [-0.25, -0.2) is 19.3 Å². The molecule has 1 aliphatic rings. The molecule has 5 nitrogen and oxygen atoms in total. The van der Waals surface area contributed by atoms with Crippen LogP contribution in [-0.2, 0) is 19.1 Å². The molecule has 0 N–H and O–H groups in total. The molecular formula is C22H16ClF7N4OS. The van der Waals surface area contributed by atoms with Crippen LogP contribution in [0.4, 0.5) is 30.7 Å². The molecular weight excluding hydrogens is 537 g/mol. The number of thiazole rings is 1. The van der Waals surface area contributed by atoms with Crippen molar-refractivity contribution in [3.05, 3.63) is 62.7 Å². The summed E-state index contributed by atoms with van der Waals surface area (Å²) in [5.41, 5.74) is -1.66. The van der Waals surface area contributed by atoms with Crippen molar-refractivity contribution in [2.24, 2.45) is 0 Å². The van der Waals surface area contributed by atoms with Gasteiger partial charge in [-0.05, 0) is 37.6 Å². The lowest BCUT2D eigenvalue weighted by Crippen LogP contribution is -2.40. The summed E-state index contributed by atoms with van der Waals surface area (Å²) in [6, 6.07) is 0.109. The maximum atomic E-state index is 14.1. The minimum atomic E-state index is -4.85. The molecule has 0 spiro atoms. The number of halogens is 8. The Morgan fingerprint density at radius 2 is 1.86 bits per heavy atom. The number of Topliss-reactive ketones (excluding diaryl/α,β-unsaturated/α-hetero) is 1. The first-order valence-electron chi connectivity index (χ1n) is 10.5. The van der Waals surface area contributed by atoms with Crippen LogP contribution in [0.2, 0.25) is 5.15 Å². The molecule has 0 saturated carbocycles. The number of hydrogen-bond donors (Lipinski definition) is 0. The number of benzene rings is 1. The van der Waals surface area contributed by atoms with E-state index in [2.05, 4.69) is 15.0 Å². The van der Waals surface area contributed by atoms with Crippen molar-refractivity contribution in [3.63, 3.8) is 0 Å². The number of likely N-dealkylation sites (tertiary alicyclic amines) is 1. The van der Waals surface area contributed by atoms with Crippen LogP contribution in [0.1, 0.15) is 38.8 Å². The number of ketones is 1. The fraction of sp³-hybridized carbons (Fsp3) is 0.364. The molecule has 1 fully saturated rings. The Labute approximate surface area is 209 Å². The van der Waals surface area contributed by atoms with Crippen molar-refractivity contribution in [3.8, 4) is 11.3 Å². The summed E-state index contributed by atoms with van der Waals surface area (Å²) in [5, 5.41) is 0.184. The van der Waals surface area contributed by atoms with E-state index in [1.165, 1.54) is 0 Å². The molecule has 0 bridgehead atoms. The van der Waals surface area contributed by atoms with Gasteiger partial charge in [-0.3, -0.25) is 9.69 Å². The van der Waals surface area contributed by atoms with Crippen LogP contribution in [-0.4, -0.2) is 44.4 Å². The van der Waals surface area contributed by atoms with Crippen molar-refractivity contribution < 1.29 is 35.5 Å². The van der Waals surface area contributed by atoms with E-state index in [1.54, 1.807) is 0 Å². The molecule has 14 heteroatoms. The van der Waals surface area contributed by atoms with Gasteiger partial charge < -0.3 is 0 Å². The van der Waals surface area contributed by atoms with Crippen LogP contribution in [0.25, 0.3) is 11.3 Å². The smallest absolute Gasteiger partial charge is 0.292 e. The van der Waals surface area contributed by atoms with Gasteiger partial charge >= 0.3 is 12.4 Å². The van der Waals surface area contributed by atoms with Crippen molar-refractivity contribution >= 4 is 28.7 Å². The van der Waals surface area contributed by atoms with Gasteiger partial charge in [0.15, 0.2) is 5.78 Å². The highest BCUT2D eigenvalue weighted by molar-refractivity contribution is 7.12.